The molecule has 0 heterocycles. The molecule has 0 spiro atoms. The number of benzene rings is 1. The molecule has 0 saturated carbocycles. The maximum Gasteiger partial charge on any atom is 0.139 e. The summed E-state index contributed by atoms with van der Waals surface area (Å²) in [6.45, 7) is 5.57. The fourth-order valence-electron chi connectivity index (χ4n) is 0.793. The van der Waals surface area contributed by atoms with Crippen LogP contribution in [0.5, 0.6) is 0 Å². The molecule has 13 heavy (non-hydrogen) atoms. The Balaban J connectivity index is 2.72. The summed E-state index contributed by atoms with van der Waals surface area (Å²) in [6, 6.07) is 3.59. The SMILES string of the molecule is C=C(C)CSc1ccc(F)cc1F. The molecule has 3 heteroatoms. The summed E-state index contributed by atoms with van der Waals surface area (Å²) in [5.41, 5.74) is 0.966. The van der Waals surface area contributed by atoms with Gasteiger partial charge in [0.25, 0.3) is 0 Å². The highest BCUT2D eigenvalue weighted by Crippen LogP contribution is 2.23. The zero-order valence-corrected chi connectivity index (χ0v) is 8.13. The minimum atomic E-state index is -0.544. The maximum absolute atomic E-state index is 13.0. The van der Waals surface area contributed by atoms with Gasteiger partial charge in [-0.25, -0.2) is 8.78 Å². The topological polar surface area (TPSA) is 0 Å². The van der Waals surface area contributed by atoms with Crippen LogP contribution >= 0.6 is 11.8 Å². The highest BCUT2D eigenvalue weighted by molar-refractivity contribution is 7.99. The summed E-state index contributed by atoms with van der Waals surface area (Å²) in [6.07, 6.45) is 0. The van der Waals surface area contributed by atoms with E-state index < -0.39 is 11.6 Å². The van der Waals surface area contributed by atoms with Crippen molar-refractivity contribution in [1.82, 2.24) is 0 Å². The molecule has 0 amide bonds. The monoisotopic (exact) mass is 200 g/mol. The van der Waals surface area contributed by atoms with E-state index in [1.165, 1.54) is 23.9 Å². The number of thioether (sulfide) groups is 1. The Kier molecular flexibility index (Phi) is 3.48. The van der Waals surface area contributed by atoms with E-state index in [9.17, 15) is 8.78 Å². The second-order valence-corrected chi connectivity index (χ2v) is 3.84. The smallest absolute Gasteiger partial charge is 0.139 e. The Labute approximate surface area is 80.7 Å². The lowest BCUT2D eigenvalue weighted by molar-refractivity contribution is 0.566. The third-order valence-corrected chi connectivity index (χ3v) is 2.65. The molecule has 0 aliphatic carbocycles. The molecule has 0 atom stereocenters. The van der Waals surface area contributed by atoms with Gasteiger partial charge in [-0.1, -0.05) is 12.2 Å². The zero-order valence-electron chi connectivity index (χ0n) is 7.31. The van der Waals surface area contributed by atoms with Crippen molar-refractivity contribution in [3.8, 4) is 0 Å². The molecular weight excluding hydrogens is 190 g/mol. The third kappa shape index (κ3) is 3.19. The third-order valence-electron chi connectivity index (χ3n) is 1.37. The van der Waals surface area contributed by atoms with Crippen molar-refractivity contribution in [2.75, 3.05) is 5.75 Å². The first-order valence-electron chi connectivity index (χ1n) is 3.82. The molecule has 0 radical (unpaired) electrons. The lowest BCUT2D eigenvalue weighted by atomic mass is 10.3. The van der Waals surface area contributed by atoms with Crippen LogP contribution in [0.15, 0.2) is 35.2 Å². The number of halogens is 2. The van der Waals surface area contributed by atoms with Gasteiger partial charge in [0.1, 0.15) is 11.6 Å². The van der Waals surface area contributed by atoms with Crippen molar-refractivity contribution in [2.24, 2.45) is 0 Å². The standard InChI is InChI=1S/C10H10F2S/c1-7(2)6-13-10-4-3-8(11)5-9(10)12/h3-5H,1,6H2,2H3. The largest absolute Gasteiger partial charge is 0.207 e. The van der Waals surface area contributed by atoms with E-state index in [0.717, 1.165) is 11.6 Å². The van der Waals surface area contributed by atoms with Gasteiger partial charge in [-0.2, -0.15) is 0 Å². The summed E-state index contributed by atoms with van der Waals surface area (Å²) >= 11 is 1.32. The van der Waals surface area contributed by atoms with Gasteiger partial charge < -0.3 is 0 Å². The van der Waals surface area contributed by atoms with Crippen molar-refractivity contribution >= 4 is 11.8 Å². The molecule has 0 aliphatic heterocycles. The van der Waals surface area contributed by atoms with Gasteiger partial charge in [0, 0.05) is 16.7 Å². The molecule has 70 valence electrons. The maximum atomic E-state index is 13.0. The highest BCUT2D eigenvalue weighted by Gasteiger charge is 2.03. The van der Waals surface area contributed by atoms with Crippen molar-refractivity contribution in [1.29, 1.82) is 0 Å². The predicted molar refractivity (Wildman–Crippen MR) is 51.9 cm³/mol. The zero-order chi connectivity index (χ0) is 9.84. The Morgan fingerprint density at radius 1 is 1.46 bits per heavy atom. The molecule has 0 unspecified atom stereocenters. The van der Waals surface area contributed by atoms with E-state index >= 15 is 0 Å². The average Bonchev–Trinajstić information content (AvgIpc) is 2.02. The number of hydrogen-bond donors (Lipinski definition) is 0. The quantitative estimate of drug-likeness (QED) is 0.530. The van der Waals surface area contributed by atoms with Gasteiger partial charge in [-0.05, 0) is 19.1 Å². The molecule has 1 aromatic carbocycles. The molecule has 0 bridgehead atoms. The van der Waals surface area contributed by atoms with Gasteiger partial charge in [0.15, 0.2) is 0 Å². The van der Waals surface area contributed by atoms with Crippen LogP contribution in [0.3, 0.4) is 0 Å². The van der Waals surface area contributed by atoms with Crippen LogP contribution in [-0.4, -0.2) is 5.75 Å². The predicted octanol–water partition coefficient (Wildman–Crippen LogP) is 3.63. The van der Waals surface area contributed by atoms with Gasteiger partial charge in [-0.3, -0.25) is 0 Å². The molecule has 1 rings (SSSR count). The van der Waals surface area contributed by atoms with Crippen molar-refractivity contribution in [3.05, 3.63) is 42.0 Å². The van der Waals surface area contributed by atoms with Crippen LogP contribution in [0.25, 0.3) is 0 Å². The second-order valence-electron chi connectivity index (χ2n) is 2.82. The Morgan fingerprint density at radius 2 is 2.15 bits per heavy atom. The molecule has 0 N–H and O–H groups in total. The second kappa shape index (κ2) is 4.42. The molecule has 0 fully saturated rings. The molecule has 0 saturated heterocycles. The summed E-state index contributed by atoms with van der Waals surface area (Å²) in [5.74, 6) is -0.397. The lowest BCUT2D eigenvalue weighted by Gasteiger charge is -2.02. The minimum Gasteiger partial charge on any atom is -0.207 e. The summed E-state index contributed by atoms with van der Waals surface area (Å²) in [5, 5.41) is 0. The van der Waals surface area contributed by atoms with Gasteiger partial charge >= 0.3 is 0 Å². The summed E-state index contributed by atoms with van der Waals surface area (Å²) in [4.78, 5) is 0.462. The number of rotatable bonds is 3. The van der Waals surface area contributed by atoms with Crippen LogP contribution in [0.2, 0.25) is 0 Å². The molecule has 0 aliphatic rings. The van der Waals surface area contributed by atoms with E-state index in [0.29, 0.717) is 10.6 Å². The Hall–Kier alpha value is -0.830. The minimum absolute atomic E-state index is 0.462. The van der Waals surface area contributed by atoms with E-state index in [-0.39, 0.29) is 0 Å². The van der Waals surface area contributed by atoms with Crippen LogP contribution in [0.4, 0.5) is 8.78 Å². The van der Waals surface area contributed by atoms with E-state index in [4.69, 9.17) is 0 Å². The first-order valence-corrected chi connectivity index (χ1v) is 4.80. The fourth-order valence-corrected chi connectivity index (χ4v) is 1.56. The van der Waals surface area contributed by atoms with E-state index in [1.807, 2.05) is 6.92 Å². The van der Waals surface area contributed by atoms with Crippen LogP contribution in [0.1, 0.15) is 6.92 Å². The van der Waals surface area contributed by atoms with Crippen LogP contribution in [0, 0.1) is 11.6 Å². The lowest BCUT2D eigenvalue weighted by Crippen LogP contribution is -1.85. The fraction of sp³-hybridized carbons (Fsp3) is 0.200. The highest BCUT2D eigenvalue weighted by atomic mass is 32.2. The van der Waals surface area contributed by atoms with Gasteiger partial charge in [0.05, 0.1) is 0 Å². The van der Waals surface area contributed by atoms with Crippen molar-refractivity contribution in [3.63, 3.8) is 0 Å². The van der Waals surface area contributed by atoms with E-state index in [2.05, 4.69) is 6.58 Å². The Morgan fingerprint density at radius 3 is 2.69 bits per heavy atom. The molecular formula is C10H10F2S. The van der Waals surface area contributed by atoms with Crippen LogP contribution in [-0.2, 0) is 0 Å². The summed E-state index contributed by atoms with van der Waals surface area (Å²) in [7, 11) is 0. The van der Waals surface area contributed by atoms with Gasteiger partial charge in [-0.15, -0.1) is 11.8 Å². The summed E-state index contributed by atoms with van der Waals surface area (Å²) < 4.78 is 25.5. The first kappa shape index (κ1) is 10.3. The molecule has 0 nitrogen and oxygen atoms in total. The molecule has 0 aromatic heterocycles. The van der Waals surface area contributed by atoms with E-state index in [1.54, 1.807) is 0 Å². The Bertz CT molecular complexity index is 321. The molecule has 1 aromatic rings. The van der Waals surface area contributed by atoms with Gasteiger partial charge in [0.2, 0.25) is 0 Å². The normalized spacial score (nSPS) is 10.1. The van der Waals surface area contributed by atoms with Crippen molar-refractivity contribution < 1.29 is 8.78 Å². The first-order chi connectivity index (χ1) is 6.09. The average molecular weight is 200 g/mol. The number of hydrogen-bond acceptors (Lipinski definition) is 1. The van der Waals surface area contributed by atoms with Crippen LogP contribution < -0.4 is 0 Å². The van der Waals surface area contributed by atoms with Crippen molar-refractivity contribution in [2.45, 2.75) is 11.8 Å².